The second-order valence-electron chi connectivity index (χ2n) is 6.00. The van der Waals surface area contributed by atoms with Crippen molar-refractivity contribution in [3.63, 3.8) is 0 Å². The second-order valence-corrected chi connectivity index (χ2v) is 7.01. The number of amides is 2. The average molecular weight is 404 g/mol. The molecule has 0 aliphatic carbocycles. The molecule has 29 heavy (non-hydrogen) atoms. The summed E-state index contributed by atoms with van der Waals surface area (Å²) in [5.41, 5.74) is 0.950. The van der Waals surface area contributed by atoms with E-state index in [1.165, 1.54) is 18.3 Å². The van der Waals surface area contributed by atoms with Crippen molar-refractivity contribution in [1.29, 1.82) is 0 Å². The lowest BCUT2D eigenvalue weighted by atomic mass is 10.2. The third kappa shape index (κ3) is 3.86. The minimum Gasteiger partial charge on any atom is -0.495 e. The summed E-state index contributed by atoms with van der Waals surface area (Å²) in [7, 11) is 1.53. The minimum atomic E-state index is -0.431. The van der Waals surface area contributed by atoms with E-state index in [0.29, 0.717) is 27.7 Å². The van der Waals surface area contributed by atoms with Gasteiger partial charge in [-0.2, -0.15) is 4.99 Å². The van der Waals surface area contributed by atoms with Crippen molar-refractivity contribution in [3.05, 3.63) is 89.2 Å². The summed E-state index contributed by atoms with van der Waals surface area (Å²) in [6, 6.07) is 19.3. The van der Waals surface area contributed by atoms with E-state index in [1.807, 2.05) is 12.1 Å². The van der Waals surface area contributed by atoms with E-state index in [2.05, 4.69) is 4.99 Å². The molecule has 1 aliphatic heterocycles. The minimum absolute atomic E-state index is 0.256. The molecular formula is C22H16N2O4S. The van der Waals surface area contributed by atoms with Crippen LogP contribution in [-0.4, -0.2) is 24.1 Å². The van der Waals surface area contributed by atoms with Gasteiger partial charge in [0.1, 0.15) is 11.5 Å². The normalized spacial score (nSPS) is 16.6. The lowest BCUT2D eigenvalue weighted by Gasteiger charge is -2.18. The molecule has 0 unspecified atom stereocenters. The number of thioether (sulfide) groups is 1. The molecule has 0 radical (unpaired) electrons. The van der Waals surface area contributed by atoms with Gasteiger partial charge in [-0.15, -0.1) is 0 Å². The number of carbonyl (C=O) groups excluding carboxylic acids is 2. The smallest absolute Gasteiger partial charge is 0.279 e. The Morgan fingerprint density at radius 3 is 2.55 bits per heavy atom. The van der Waals surface area contributed by atoms with Gasteiger partial charge in [-0.25, -0.2) is 0 Å². The zero-order valence-corrected chi connectivity index (χ0v) is 16.3. The molecule has 0 bridgehead atoms. The highest BCUT2D eigenvalue weighted by Crippen LogP contribution is 2.39. The summed E-state index contributed by atoms with van der Waals surface area (Å²) in [6.07, 6.45) is 3.16. The number of nitrogens with zero attached hydrogens (tertiary/aromatic N) is 2. The molecule has 6 nitrogen and oxygen atoms in total. The standard InChI is InChI=1S/C22H16N2O4S/c1-27-18-12-6-5-11-17(18)24-21(26)19(14-16-10-7-13-28-16)29-22(24)23-20(25)15-8-3-2-4-9-15/h2-14H,1H3. The molecule has 0 atom stereocenters. The van der Waals surface area contributed by atoms with Crippen LogP contribution in [0.2, 0.25) is 0 Å². The van der Waals surface area contributed by atoms with Crippen molar-refractivity contribution >= 4 is 40.5 Å². The summed E-state index contributed by atoms with van der Waals surface area (Å²) in [5.74, 6) is 0.299. The number of aliphatic imine (C=N–C) groups is 1. The number of hydrogen-bond acceptors (Lipinski definition) is 5. The van der Waals surface area contributed by atoms with Gasteiger partial charge in [0.2, 0.25) is 0 Å². The topological polar surface area (TPSA) is 72.1 Å². The lowest BCUT2D eigenvalue weighted by molar-refractivity contribution is -0.113. The van der Waals surface area contributed by atoms with Crippen molar-refractivity contribution in [3.8, 4) is 5.75 Å². The van der Waals surface area contributed by atoms with Crippen molar-refractivity contribution in [1.82, 2.24) is 0 Å². The Kier molecular flexibility index (Phi) is 5.31. The fourth-order valence-electron chi connectivity index (χ4n) is 2.81. The quantitative estimate of drug-likeness (QED) is 0.594. The average Bonchev–Trinajstić information content (AvgIpc) is 3.37. The third-order valence-electron chi connectivity index (χ3n) is 4.17. The number of para-hydroxylation sites is 2. The number of rotatable bonds is 4. The van der Waals surface area contributed by atoms with Crippen molar-refractivity contribution in [2.75, 3.05) is 12.0 Å². The van der Waals surface area contributed by atoms with E-state index in [9.17, 15) is 9.59 Å². The molecule has 144 valence electrons. The largest absolute Gasteiger partial charge is 0.495 e. The molecule has 2 aromatic carbocycles. The molecular weight excluding hydrogens is 388 g/mol. The Hall–Kier alpha value is -3.58. The molecule has 1 saturated heterocycles. The van der Waals surface area contributed by atoms with Gasteiger partial charge in [-0.1, -0.05) is 30.3 Å². The molecule has 2 heterocycles. The summed E-state index contributed by atoms with van der Waals surface area (Å²) in [5, 5.41) is 0.256. The number of anilines is 1. The van der Waals surface area contributed by atoms with Crippen LogP contribution >= 0.6 is 11.8 Å². The number of amidine groups is 1. The number of furan rings is 1. The summed E-state index contributed by atoms with van der Waals surface area (Å²) in [6.45, 7) is 0. The van der Waals surface area contributed by atoms with E-state index in [1.54, 1.807) is 60.7 Å². The van der Waals surface area contributed by atoms with Crippen LogP contribution in [0, 0.1) is 0 Å². The number of ether oxygens (including phenoxy) is 1. The van der Waals surface area contributed by atoms with Gasteiger partial charge in [0.25, 0.3) is 11.8 Å². The van der Waals surface area contributed by atoms with Gasteiger partial charge in [0.15, 0.2) is 5.17 Å². The van der Waals surface area contributed by atoms with E-state index >= 15 is 0 Å². The number of hydrogen-bond donors (Lipinski definition) is 0. The molecule has 3 aromatic rings. The highest BCUT2D eigenvalue weighted by molar-refractivity contribution is 8.19. The van der Waals surface area contributed by atoms with Crippen LogP contribution in [0.15, 0.2) is 87.3 Å². The van der Waals surface area contributed by atoms with Crippen molar-refractivity contribution in [2.45, 2.75) is 0 Å². The maximum atomic E-state index is 13.2. The zero-order chi connectivity index (χ0) is 20.2. The van der Waals surface area contributed by atoms with Gasteiger partial charge < -0.3 is 9.15 Å². The molecule has 1 aliphatic rings. The van der Waals surface area contributed by atoms with Crippen LogP contribution in [-0.2, 0) is 4.79 Å². The van der Waals surface area contributed by atoms with Crippen LogP contribution in [0.25, 0.3) is 6.08 Å². The predicted molar refractivity (Wildman–Crippen MR) is 113 cm³/mol. The Bertz CT molecular complexity index is 1100. The van der Waals surface area contributed by atoms with Gasteiger partial charge in [-0.05, 0) is 48.2 Å². The van der Waals surface area contributed by atoms with Crippen LogP contribution in [0.5, 0.6) is 5.75 Å². The molecule has 1 fully saturated rings. The van der Waals surface area contributed by atoms with Gasteiger partial charge in [-0.3, -0.25) is 14.5 Å². The molecule has 2 amide bonds. The maximum Gasteiger partial charge on any atom is 0.279 e. The summed E-state index contributed by atoms with van der Waals surface area (Å²) < 4.78 is 10.7. The molecule has 4 rings (SSSR count). The molecule has 0 N–H and O–H groups in total. The first-order chi connectivity index (χ1) is 14.2. The van der Waals surface area contributed by atoms with Crippen molar-refractivity contribution in [2.24, 2.45) is 4.99 Å². The van der Waals surface area contributed by atoms with Gasteiger partial charge in [0.05, 0.1) is 24.0 Å². The van der Waals surface area contributed by atoms with Crippen LogP contribution in [0.4, 0.5) is 5.69 Å². The number of carbonyl (C=O) groups is 2. The van der Waals surface area contributed by atoms with E-state index in [-0.39, 0.29) is 11.1 Å². The molecule has 1 aromatic heterocycles. The zero-order valence-electron chi connectivity index (χ0n) is 15.4. The van der Waals surface area contributed by atoms with E-state index in [0.717, 1.165) is 11.8 Å². The number of benzene rings is 2. The van der Waals surface area contributed by atoms with Crippen LogP contribution in [0.3, 0.4) is 0 Å². The Balaban J connectivity index is 1.79. The van der Waals surface area contributed by atoms with Crippen LogP contribution in [0.1, 0.15) is 16.1 Å². The van der Waals surface area contributed by atoms with E-state index in [4.69, 9.17) is 9.15 Å². The highest BCUT2D eigenvalue weighted by atomic mass is 32.2. The fourth-order valence-corrected chi connectivity index (χ4v) is 3.76. The van der Waals surface area contributed by atoms with Gasteiger partial charge >= 0.3 is 0 Å². The molecule has 7 heteroatoms. The van der Waals surface area contributed by atoms with Crippen LogP contribution < -0.4 is 9.64 Å². The Morgan fingerprint density at radius 2 is 1.83 bits per heavy atom. The van der Waals surface area contributed by atoms with Crippen molar-refractivity contribution < 1.29 is 18.7 Å². The second kappa shape index (κ2) is 8.20. The first kappa shape index (κ1) is 18.8. The number of methoxy groups -OCH3 is 1. The molecule has 0 saturated carbocycles. The Morgan fingerprint density at radius 1 is 1.07 bits per heavy atom. The fraction of sp³-hybridized carbons (Fsp3) is 0.0455. The summed E-state index contributed by atoms with van der Waals surface area (Å²) >= 11 is 1.11. The first-order valence-electron chi connectivity index (χ1n) is 8.76. The van der Waals surface area contributed by atoms with E-state index < -0.39 is 5.91 Å². The predicted octanol–water partition coefficient (Wildman–Crippen LogP) is 4.61. The Labute approximate surface area is 171 Å². The lowest BCUT2D eigenvalue weighted by Crippen LogP contribution is -2.29. The molecule has 0 spiro atoms. The summed E-state index contributed by atoms with van der Waals surface area (Å²) in [4.78, 5) is 31.8. The highest BCUT2D eigenvalue weighted by Gasteiger charge is 2.37. The van der Waals surface area contributed by atoms with Gasteiger partial charge in [0, 0.05) is 11.6 Å². The monoisotopic (exact) mass is 404 g/mol. The third-order valence-corrected chi connectivity index (χ3v) is 5.14. The SMILES string of the molecule is COc1ccccc1N1C(=O)C(=Cc2ccco2)SC1=NC(=O)c1ccccc1. The first-order valence-corrected chi connectivity index (χ1v) is 9.57. The maximum absolute atomic E-state index is 13.2.